The van der Waals surface area contributed by atoms with Crippen LogP contribution in [0.15, 0.2) is 0 Å². The van der Waals surface area contributed by atoms with Crippen LogP contribution in [-0.2, 0) is 14.6 Å². The lowest BCUT2D eigenvalue weighted by Crippen LogP contribution is -2.47. The summed E-state index contributed by atoms with van der Waals surface area (Å²) >= 11 is 0. The number of amides is 1. The van der Waals surface area contributed by atoms with Crippen molar-refractivity contribution in [1.82, 2.24) is 5.32 Å². The highest BCUT2D eigenvalue weighted by Gasteiger charge is 2.41. The summed E-state index contributed by atoms with van der Waals surface area (Å²) in [7, 11) is -2.92. The summed E-state index contributed by atoms with van der Waals surface area (Å²) in [6, 6.07) is 0. The van der Waals surface area contributed by atoms with E-state index >= 15 is 0 Å². The van der Waals surface area contributed by atoms with Crippen LogP contribution in [0.5, 0.6) is 0 Å². The molecule has 14 heavy (non-hydrogen) atoms. The van der Waals surface area contributed by atoms with E-state index in [-0.39, 0.29) is 23.3 Å². The van der Waals surface area contributed by atoms with Crippen LogP contribution in [0.2, 0.25) is 0 Å². The Morgan fingerprint density at radius 3 is 2.50 bits per heavy atom. The molecule has 0 aromatic rings. The molecule has 0 unspecified atom stereocenters. The van der Waals surface area contributed by atoms with E-state index in [0.717, 1.165) is 12.8 Å². The molecule has 80 valence electrons. The molecule has 2 aliphatic rings. The Morgan fingerprint density at radius 1 is 1.43 bits per heavy atom. The molecule has 2 fully saturated rings. The van der Waals surface area contributed by atoms with Crippen LogP contribution >= 0.6 is 0 Å². The van der Waals surface area contributed by atoms with Gasteiger partial charge in [-0.05, 0) is 26.2 Å². The van der Waals surface area contributed by atoms with Crippen molar-refractivity contribution in [3.63, 3.8) is 0 Å². The summed E-state index contributed by atoms with van der Waals surface area (Å²) in [6.07, 6.45) is 2.46. The van der Waals surface area contributed by atoms with E-state index in [2.05, 4.69) is 5.32 Å². The predicted molar refractivity (Wildman–Crippen MR) is 52.5 cm³/mol. The molecule has 1 aliphatic heterocycles. The van der Waals surface area contributed by atoms with Gasteiger partial charge in [0.25, 0.3) is 0 Å². The normalized spacial score (nSPS) is 35.5. The summed E-state index contributed by atoms with van der Waals surface area (Å²) < 4.78 is 22.5. The summed E-state index contributed by atoms with van der Waals surface area (Å²) in [4.78, 5) is 11.5. The first-order valence-electron chi connectivity index (χ1n) is 4.93. The van der Waals surface area contributed by atoms with Crippen molar-refractivity contribution < 1.29 is 13.2 Å². The average Bonchev–Trinajstić information content (AvgIpc) is 2.79. The van der Waals surface area contributed by atoms with Gasteiger partial charge in [0.05, 0.1) is 17.0 Å². The molecule has 0 spiro atoms. The van der Waals surface area contributed by atoms with E-state index in [4.69, 9.17) is 0 Å². The number of rotatable bonds is 2. The maximum Gasteiger partial charge on any atom is 0.223 e. The maximum absolute atomic E-state index is 11.5. The molecule has 0 aromatic carbocycles. The second kappa shape index (κ2) is 2.95. The van der Waals surface area contributed by atoms with Crippen molar-refractivity contribution in [1.29, 1.82) is 0 Å². The summed E-state index contributed by atoms with van der Waals surface area (Å²) in [5, 5.41) is 2.85. The number of carbonyl (C=O) groups is 1. The van der Waals surface area contributed by atoms with Crippen LogP contribution in [0.3, 0.4) is 0 Å². The minimum absolute atomic E-state index is 0.0320. The number of carbonyl (C=O) groups excluding carboxylic acids is 1. The van der Waals surface area contributed by atoms with Gasteiger partial charge in [0.1, 0.15) is 0 Å². The largest absolute Gasteiger partial charge is 0.350 e. The van der Waals surface area contributed by atoms with Gasteiger partial charge >= 0.3 is 0 Å². The summed E-state index contributed by atoms with van der Waals surface area (Å²) in [5.74, 6) is 0.479. The predicted octanol–water partition coefficient (Wildman–Crippen LogP) is 0.0898. The lowest BCUT2D eigenvalue weighted by Gasteiger charge is -2.23. The molecule has 0 aromatic heterocycles. The fraction of sp³-hybridized carbons (Fsp3) is 0.889. The standard InChI is InChI=1S/C9H15NO3S/c1-9(4-5-14(12,13)6-9)10-8(11)7-2-3-7/h7H,2-6H2,1H3,(H,10,11)/t9-/m1/s1. The van der Waals surface area contributed by atoms with E-state index in [0.29, 0.717) is 6.42 Å². The van der Waals surface area contributed by atoms with Crippen LogP contribution in [0, 0.1) is 5.92 Å². The molecule has 0 radical (unpaired) electrons. The minimum atomic E-state index is -2.92. The third kappa shape index (κ3) is 2.08. The van der Waals surface area contributed by atoms with Crippen LogP contribution in [0.1, 0.15) is 26.2 Å². The van der Waals surface area contributed by atoms with E-state index < -0.39 is 15.4 Å². The molecular formula is C9H15NO3S. The first-order valence-corrected chi connectivity index (χ1v) is 6.75. The van der Waals surface area contributed by atoms with E-state index in [1.54, 1.807) is 0 Å². The molecule has 4 nitrogen and oxygen atoms in total. The Kier molecular flexibility index (Phi) is 2.10. The second-order valence-electron chi connectivity index (χ2n) is 4.67. The molecule has 1 atom stereocenters. The highest BCUT2D eigenvalue weighted by atomic mass is 32.2. The molecule has 1 N–H and O–H groups in total. The van der Waals surface area contributed by atoms with Crippen LogP contribution in [-0.4, -0.2) is 31.4 Å². The van der Waals surface area contributed by atoms with Crippen LogP contribution in [0.25, 0.3) is 0 Å². The number of hydrogen-bond acceptors (Lipinski definition) is 3. The zero-order valence-corrected chi connectivity index (χ0v) is 9.06. The van der Waals surface area contributed by atoms with Crippen molar-refractivity contribution in [2.75, 3.05) is 11.5 Å². The van der Waals surface area contributed by atoms with Crippen molar-refractivity contribution in [2.24, 2.45) is 5.92 Å². The van der Waals surface area contributed by atoms with E-state index in [1.165, 1.54) is 0 Å². The SMILES string of the molecule is C[C@@]1(NC(=O)C2CC2)CCS(=O)(=O)C1. The Hall–Kier alpha value is -0.580. The quantitative estimate of drug-likeness (QED) is 0.713. The molecule has 5 heteroatoms. The zero-order chi connectivity index (χ0) is 10.4. The van der Waals surface area contributed by atoms with Gasteiger partial charge in [-0.15, -0.1) is 0 Å². The Morgan fingerprint density at radius 2 is 2.07 bits per heavy atom. The first-order chi connectivity index (χ1) is 6.40. The third-order valence-electron chi connectivity index (χ3n) is 2.88. The fourth-order valence-corrected chi connectivity index (χ4v) is 3.95. The fourth-order valence-electron chi connectivity index (χ4n) is 1.85. The maximum atomic E-state index is 11.5. The van der Waals surface area contributed by atoms with Gasteiger partial charge in [-0.25, -0.2) is 8.42 Å². The van der Waals surface area contributed by atoms with Gasteiger partial charge in [-0.3, -0.25) is 4.79 Å². The average molecular weight is 217 g/mol. The Bertz CT molecular complexity index is 358. The highest BCUT2D eigenvalue weighted by Crippen LogP contribution is 2.31. The lowest BCUT2D eigenvalue weighted by molar-refractivity contribution is -0.123. The molecule has 2 rings (SSSR count). The third-order valence-corrected chi connectivity index (χ3v) is 4.78. The smallest absolute Gasteiger partial charge is 0.223 e. The van der Waals surface area contributed by atoms with Crippen molar-refractivity contribution in [3.8, 4) is 0 Å². The van der Waals surface area contributed by atoms with Gasteiger partial charge in [0.15, 0.2) is 9.84 Å². The monoisotopic (exact) mass is 217 g/mol. The van der Waals surface area contributed by atoms with Crippen molar-refractivity contribution in [3.05, 3.63) is 0 Å². The first kappa shape index (κ1) is 9.96. The number of nitrogens with one attached hydrogen (secondary N) is 1. The highest BCUT2D eigenvalue weighted by molar-refractivity contribution is 7.91. The summed E-state index contributed by atoms with van der Waals surface area (Å²) in [5.41, 5.74) is -0.515. The molecule has 0 bridgehead atoms. The molecular weight excluding hydrogens is 202 g/mol. The van der Waals surface area contributed by atoms with Gasteiger partial charge in [-0.1, -0.05) is 0 Å². The molecule has 1 amide bonds. The van der Waals surface area contributed by atoms with Gasteiger partial charge in [0, 0.05) is 5.92 Å². The van der Waals surface area contributed by atoms with Gasteiger partial charge < -0.3 is 5.32 Å². The Balaban J connectivity index is 2.00. The molecule has 1 saturated carbocycles. The molecule has 1 aliphatic carbocycles. The van der Waals surface area contributed by atoms with E-state index in [9.17, 15) is 13.2 Å². The zero-order valence-electron chi connectivity index (χ0n) is 8.25. The molecule has 1 saturated heterocycles. The van der Waals surface area contributed by atoms with Gasteiger partial charge in [-0.2, -0.15) is 0 Å². The lowest BCUT2D eigenvalue weighted by atomic mass is 10.0. The van der Waals surface area contributed by atoms with Crippen LogP contribution in [0.4, 0.5) is 0 Å². The van der Waals surface area contributed by atoms with Crippen molar-refractivity contribution >= 4 is 15.7 Å². The number of hydrogen-bond donors (Lipinski definition) is 1. The molecule has 1 heterocycles. The summed E-state index contributed by atoms with van der Waals surface area (Å²) in [6.45, 7) is 1.82. The second-order valence-corrected chi connectivity index (χ2v) is 6.85. The van der Waals surface area contributed by atoms with Gasteiger partial charge in [0.2, 0.25) is 5.91 Å². The Labute approximate surface area is 84.0 Å². The van der Waals surface area contributed by atoms with E-state index in [1.807, 2.05) is 6.92 Å². The van der Waals surface area contributed by atoms with Crippen molar-refractivity contribution in [2.45, 2.75) is 31.7 Å². The number of sulfone groups is 1. The minimum Gasteiger partial charge on any atom is -0.350 e. The van der Waals surface area contributed by atoms with Crippen LogP contribution < -0.4 is 5.32 Å². The topological polar surface area (TPSA) is 63.2 Å².